The molecular weight excluding hydrogens is 218 g/mol. The predicted molar refractivity (Wildman–Crippen MR) is 69.7 cm³/mol. The van der Waals surface area contributed by atoms with Crippen LogP contribution in [0.3, 0.4) is 0 Å². The molecule has 0 aromatic heterocycles. The number of nitrogens with two attached hydrogens (primary N) is 1. The van der Waals surface area contributed by atoms with Crippen LogP contribution in [0.15, 0.2) is 24.3 Å². The number of rotatable bonds is 2. The van der Waals surface area contributed by atoms with E-state index in [-0.39, 0.29) is 5.54 Å². The van der Waals surface area contributed by atoms with Crippen LogP contribution in [-0.2, 0) is 6.42 Å². The summed E-state index contributed by atoms with van der Waals surface area (Å²) in [7, 11) is 0. The van der Waals surface area contributed by atoms with Gasteiger partial charge in [0.2, 0.25) is 0 Å². The Balaban J connectivity index is 2.11. The van der Waals surface area contributed by atoms with Crippen molar-refractivity contribution in [1.82, 2.24) is 0 Å². The van der Waals surface area contributed by atoms with Gasteiger partial charge in [0.15, 0.2) is 0 Å². The maximum Gasteiger partial charge on any atom is 0.0438 e. The van der Waals surface area contributed by atoms with Gasteiger partial charge in [0.05, 0.1) is 0 Å². The van der Waals surface area contributed by atoms with Gasteiger partial charge < -0.3 is 5.73 Å². The summed E-state index contributed by atoms with van der Waals surface area (Å²) in [6.45, 7) is 2.30. The van der Waals surface area contributed by atoms with Gasteiger partial charge in [0, 0.05) is 10.6 Å². The molecule has 1 aromatic rings. The highest BCUT2D eigenvalue weighted by Gasteiger charge is 2.31. The molecule has 1 fully saturated rings. The third-order valence-electron chi connectivity index (χ3n) is 3.63. The summed E-state index contributed by atoms with van der Waals surface area (Å²) < 4.78 is 0. The summed E-state index contributed by atoms with van der Waals surface area (Å²) in [5.74, 6) is 0.751. The van der Waals surface area contributed by atoms with Gasteiger partial charge in [-0.1, -0.05) is 49.6 Å². The number of halogens is 1. The molecule has 2 rings (SSSR count). The summed E-state index contributed by atoms with van der Waals surface area (Å²) in [4.78, 5) is 0. The van der Waals surface area contributed by atoms with E-state index in [1.807, 2.05) is 18.2 Å². The lowest BCUT2D eigenvalue weighted by Gasteiger charge is -2.37. The Labute approximate surface area is 103 Å². The minimum Gasteiger partial charge on any atom is -0.325 e. The van der Waals surface area contributed by atoms with E-state index in [9.17, 15) is 0 Å². The van der Waals surface area contributed by atoms with Crippen molar-refractivity contribution in [3.63, 3.8) is 0 Å². The lowest BCUT2D eigenvalue weighted by atomic mass is 9.74. The molecule has 1 aliphatic rings. The van der Waals surface area contributed by atoms with Crippen molar-refractivity contribution in [2.45, 2.75) is 44.6 Å². The molecule has 1 nitrogen and oxygen atoms in total. The third kappa shape index (κ3) is 2.78. The zero-order chi connectivity index (χ0) is 11.6. The minimum absolute atomic E-state index is 0.0390. The largest absolute Gasteiger partial charge is 0.325 e. The van der Waals surface area contributed by atoms with Crippen molar-refractivity contribution >= 4 is 11.6 Å². The van der Waals surface area contributed by atoms with Gasteiger partial charge in [-0.25, -0.2) is 0 Å². The van der Waals surface area contributed by atoms with Crippen LogP contribution in [-0.4, -0.2) is 5.54 Å². The first-order chi connectivity index (χ1) is 7.59. The average Bonchev–Trinajstić information content (AvgIpc) is 2.21. The van der Waals surface area contributed by atoms with Crippen LogP contribution >= 0.6 is 11.6 Å². The van der Waals surface area contributed by atoms with Crippen molar-refractivity contribution in [2.24, 2.45) is 11.7 Å². The smallest absolute Gasteiger partial charge is 0.0438 e. The molecule has 1 aliphatic carbocycles. The second-order valence-electron chi connectivity index (χ2n) is 5.33. The molecule has 0 bridgehead atoms. The van der Waals surface area contributed by atoms with E-state index in [2.05, 4.69) is 13.0 Å². The lowest BCUT2D eigenvalue weighted by Crippen LogP contribution is -2.45. The molecule has 0 radical (unpaired) electrons. The lowest BCUT2D eigenvalue weighted by molar-refractivity contribution is 0.235. The van der Waals surface area contributed by atoms with Crippen molar-refractivity contribution in [2.75, 3.05) is 0 Å². The van der Waals surface area contributed by atoms with Crippen LogP contribution in [0.1, 0.15) is 38.2 Å². The van der Waals surface area contributed by atoms with Gasteiger partial charge >= 0.3 is 0 Å². The molecule has 0 saturated heterocycles. The van der Waals surface area contributed by atoms with Crippen LogP contribution in [0.2, 0.25) is 5.02 Å². The van der Waals surface area contributed by atoms with Crippen molar-refractivity contribution in [1.29, 1.82) is 0 Å². The molecule has 2 N–H and O–H groups in total. The quantitative estimate of drug-likeness (QED) is 0.832. The second-order valence-corrected chi connectivity index (χ2v) is 5.74. The van der Waals surface area contributed by atoms with Gasteiger partial charge in [-0.3, -0.25) is 0 Å². The summed E-state index contributed by atoms with van der Waals surface area (Å²) in [5, 5.41) is 0.852. The van der Waals surface area contributed by atoms with E-state index < -0.39 is 0 Å². The molecule has 0 spiro atoms. The fraction of sp³-hybridized carbons (Fsp3) is 0.571. The Kier molecular flexibility index (Phi) is 3.56. The summed E-state index contributed by atoms with van der Waals surface area (Å²) in [6.07, 6.45) is 5.74. The molecular formula is C14H20ClN. The Morgan fingerprint density at radius 3 is 2.88 bits per heavy atom. The molecule has 0 amide bonds. The standard InChI is InChI=1S/C14H20ClN/c1-11-5-4-8-14(16,9-11)10-12-6-2-3-7-13(12)15/h2-3,6-7,11H,4-5,8-10,16H2,1H3. The SMILES string of the molecule is CC1CCCC(N)(Cc2ccccc2Cl)C1. The number of hydrogen-bond donors (Lipinski definition) is 1. The minimum atomic E-state index is -0.0390. The molecule has 2 heteroatoms. The first-order valence-electron chi connectivity index (χ1n) is 6.11. The Hall–Kier alpha value is -0.530. The monoisotopic (exact) mass is 237 g/mol. The molecule has 0 heterocycles. The zero-order valence-electron chi connectivity index (χ0n) is 9.88. The fourth-order valence-corrected chi connectivity index (χ4v) is 3.08. The summed E-state index contributed by atoms with van der Waals surface area (Å²) in [5.41, 5.74) is 7.65. The van der Waals surface area contributed by atoms with Gasteiger partial charge in [-0.05, 0) is 36.8 Å². The summed E-state index contributed by atoms with van der Waals surface area (Å²) >= 11 is 6.19. The fourth-order valence-electron chi connectivity index (χ4n) is 2.88. The second kappa shape index (κ2) is 4.77. The third-order valence-corrected chi connectivity index (χ3v) is 4.00. The van der Waals surface area contributed by atoms with E-state index in [1.165, 1.54) is 18.4 Å². The number of hydrogen-bond acceptors (Lipinski definition) is 1. The van der Waals surface area contributed by atoms with E-state index in [0.29, 0.717) is 0 Å². The molecule has 1 saturated carbocycles. The molecule has 2 unspecified atom stereocenters. The number of benzene rings is 1. The van der Waals surface area contributed by atoms with Crippen molar-refractivity contribution < 1.29 is 0 Å². The first kappa shape index (κ1) is 11.9. The van der Waals surface area contributed by atoms with Crippen LogP contribution in [0.4, 0.5) is 0 Å². The van der Waals surface area contributed by atoms with E-state index in [0.717, 1.165) is 30.2 Å². The Bertz CT molecular complexity index is 364. The maximum absolute atomic E-state index is 6.49. The van der Waals surface area contributed by atoms with E-state index >= 15 is 0 Å². The topological polar surface area (TPSA) is 26.0 Å². The van der Waals surface area contributed by atoms with Gasteiger partial charge in [-0.2, -0.15) is 0 Å². The maximum atomic E-state index is 6.49. The van der Waals surface area contributed by atoms with Crippen LogP contribution in [0, 0.1) is 5.92 Å². The molecule has 88 valence electrons. The Morgan fingerprint density at radius 2 is 2.19 bits per heavy atom. The van der Waals surface area contributed by atoms with Crippen LogP contribution in [0.25, 0.3) is 0 Å². The normalized spacial score (nSPS) is 30.3. The molecule has 0 aliphatic heterocycles. The highest BCUT2D eigenvalue weighted by atomic mass is 35.5. The van der Waals surface area contributed by atoms with Crippen LogP contribution in [0.5, 0.6) is 0 Å². The predicted octanol–water partition coefficient (Wildman–Crippen LogP) is 3.79. The van der Waals surface area contributed by atoms with Crippen LogP contribution < -0.4 is 5.73 Å². The molecule has 16 heavy (non-hydrogen) atoms. The summed E-state index contributed by atoms with van der Waals surface area (Å²) in [6, 6.07) is 8.05. The van der Waals surface area contributed by atoms with Gasteiger partial charge in [-0.15, -0.1) is 0 Å². The Morgan fingerprint density at radius 1 is 1.44 bits per heavy atom. The zero-order valence-corrected chi connectivity index (χ0v) is 10.6. The van der Waals surface area contributed by atoms with E-state index in [1.54, 1.807) is 0 Å². The molecule has 2 atom stereocenters. The highest BCUT2D eigenvalue weighted by molar-refractivity contribution is 6.31. The first-order valence-corrected chi connectivity index (χ1v) is 6.49. The van der Waals surface area contributed by atoms with Gasteiger partial charge in [0.25, 0.3) is 0 Å². The van der Waals surface area contributed by atoms with Gasteiger partial charge in [0.1, 0.15) is 0 Å². The van der Waals surface area contributed by atoms with E-state index in [4.69, 9.17) is 17.3 Å². The molecule has 1 aromatic carbocycles. The van der Waals surface area contributed by atoms with Crippen molar-refractivity contribution in [3.8, 4) is 0 Å². The average molecular weight is 238 g/mol. The highest BCUT2D eigenvalue weighted by Crippen LogP contribution is 2.34. The van der Waals surface area contributed by atoms with Crippen molar-refractivity contribution in [3.05, 3.63) is 34.9 Å².